The lowest BCUT2D eigenvalue weighted by Gasteiger charge is -2.26. The van der Waals surface area contributed by atoms with Gasteiger partial charge in [0.1, 0.15) is 0 Å². The molecule has 0 aromatic carbocycles. The van der Waals surface area contributed by atoms with Crippen molar-refractivity contribution in [2.45, 2.75) is 43.1 Å². The Morgan fingerprint density at radius 2 is 1.74 bits per heavy atom. The lowest BCUT2D eigenvalue weighted by atomic mass is 9.98. The molecule has 2 aliphatic rings. The first kappa shape index (κ1) is 15.0. The molecule has 0 bridgehead atoms. The van der Waals surface area contributed by atoms with Gasteiger partial charge in [0.05, 0.1) is 18.3 Å². The fraction of sp³-hybridized carbons (Fsp3) is 1.00. The van der Waals surface area contributed by atoms with Gasteiger partial charge in [0, 0.05) is 6.42 Å². The average molecular weight is 324 g/mol. The Morgan fingerprint density at radius 1 is 1.11 bits per heavy atom. The minimum atomic E-state index is -6.13. The highest BCUT2D eigenvalue weighted by atomic mass is 32.3. The van der Waals surface area contributed by atoms with Gasteiger partial charge in [-0.15, -0.1) is 0 Å². The Kier molecular flexibility index (Phi) is 3.58. The van der Waals surface area contributed by atoms with Crippen LogP contribution in [0.4, 0.5) is 13.2 Å². The van der Waals surface area contributed by atoms with E-state index in [9.17, 15) is 30.0 Å². The quantitative estimate of drug-likeness (QED) is 0.708. The van der Waals surface area contributed by atoms with Gasteiger partial charge < -0.3 is 8.86 Å². The molecule has 3 unspecified atom stereocenters. The Bertz CT molecular complexity index is 556. The monoisotopic (exact) mass is 324 g/mol. The van der Waals surface area contributed by atoms with Crippen molar-refractivity contribution in [2.24, 2.45) is 0 Å². The van der Waals surface area contributed by atoms with Crippen molar-refractivity contribution < 1.29 is 38.9 Å². The van der Waals surface area contributed by atoms with E-state index < -0.39 is 31.9 Å². The maximum absolute atomic E-state index is 12.0. The van der Waals surface area contributed by atoms with Crippen molar-refractivity contribution >= 4 is 20.3 Å². The number of fused-ring (bicyclic) bond motifs is 1. The van der Waals surface area contributed by atoms with E-state index >= 15 is 0 Å². The molecule has 19 heavy (non-hydrogen) atoms. The smallest absolute Gasteiger partial charge is 0.404 e. The molecule has 1 heterocycles. The molecule has 1 saturated carbocycles. The molecule has 7 nitrogen and oxygen atoms in total. The van der Waals surface area contributed by atoms with Crippen molar-refractivity contribution in [3.63, 3.8) is 0 Å². The number of epoxide rings is 1. The zero-order valence-electron chi connectivity index (χ0n) is 9.20. The first-order valence-corrected chi connectivity index (χ1v) is 7.95. The predicted octanol–water partition coefficient (Wildman–Crippen LogP) is 0.791. The van der Waals surface area contributed by atoms with Crippen molar-refractivity contribution in [3.05, 3.63) is 4.13 Å². The van der Waals surface area contributed by atoms with E-state index in [0.717, 1.165) is 0 Å². The number of nitrogens with zero attached hydrogens (tertiary/aromatic N) is 1. The third-order valence-corrected chi connectivity index (χ3v) is 5.31. The van der Waals surface area contributed by atoms with Crippen molar-refractivity contribution in [1.29, 1.82) is 0 Å². The molecule has 0 aromatic rings. The summed E-state index contributed by atoms with van der Waals surface area (Å²) in [6, 6.07) is 0. The summed E-state index contributed by atoms with van der Waals surface area (Å²) in [5.41, 5.74) is -5.78. The van der Waals surface area contributed by atoms with E-state index in [4.69, 9.17) is 4.74 Å². The van der Waals surface area contributed by atoms with Crippen LogP contribution in [0.15, 0.2) is 0 Å². The maximum atomic E-state index is 12.0. The molecule has 0 spiro atoms. The van der Waals surface area contributed by atoms with Crippen LogP contribution in [0.2, 0.25) is 0 Å². The number of sulfonamides is 1. The molecule has 1 saturated heterocycles. The van der Waals surface area contributed by atoms with Gasteiger partial charge in [-0.1, -0.05) is 0 Å². The van der Waals surface area contributed by atoms with E-state index in [1.54, 1.807) is 4.13 Å². The average Bonchev–Trinajstić information content (AvgIpc) is 2.90. The first-order chi connectivity index (χ1) is 8.50. The molecule has 2 fully saturated rings. The van der Waals surface area contributed by atoms with Gasteiger partial charge >= 0.3 is 5.51 Å². The Labute approximate surface area is 107 Å². The maximum Gasteiger partial charge on any atom is 0.480 e. The summed E-state index contributed by atoms with van der Waals surface area (Å²) in [5.74, 6) is 0. The number of ether oxygens (including phenoxy) is 1. The topological polar surface area (TPSA) is 104 Å². The summed E-state index contributed by atoms with van der Waals surface area (Å²) < 4.78 is 90.8. The van der Waals surface area contributed by atoms with E-state index in [1.807, 2.05) is 0 Å². The fourth-order valence-electron chi connectivity index (χ4n) is 1.81. The molecule has 0 aromatic heterocycles. The molecule has 12 heteroatoms. The number of alkyl halides is 3. The van der Waals surface area contributed by atoms with Crippen LogP contribution in [0, 0.1) is 0 Å². The second-order valence-electron chi connectivity index (χ2n) is 4.17. The highest BCUT2D eigenvalue weighted by molar-refractivity contribution is 8.10. The zero-order chi connectivity index (χ0) is 14.5. The van der Waals surface area contributed by atoms with Gasteiger partial charge in [0.15, 0.2) is 10.0 Å². The number of hydrogen-bond acceptors (Lipinski definition) is 6. The summed E-state index contributed by atoms with van der Waals surface area (Å²) in [7, 11) is -11.3. The molecular weight excluding hydrogens is 315 g/mol. The van der Waals surface area contributed by atoms with Crippen LogP contribution in [0.5, 0.6) is 0 Å². The molecule has 1 aliphatic heterocycles. The van der Waals surface area contributed by atoms with Crippen LogP contribution in [0.25, 0.3) is 4.13 Å². The largest absolute Gasteiger partial charge is 0.480 e. The minimum Gasteiger partial charge on any atom is -0.404 e. The van der Waals surface area contributed by atoms with Crippen molar-refractivity contribution in [3.8, 4) is 0 Å². The molecule has 0 radical (unpaired) electrons. The van der Waals surface area contributed by atoms with Crippen LogP contribution in [-0.2, 0) is 29.2 Å². The SMILES string of the molecule is O=S(=O)([N-]S(=O)(=O)C(F)(F)F)OC1CCC2OC2C1. The summed E-state index contributed by atoms with van der Waals surface area (Å²) >= 11 is 0. The Balaban J connectivity index is 1.99. The van der Waals surface area contributed by atoms with Gasteiger partial charge in [0.2, 0.25) is 10.3 Å². The van der Waals surface area contributed by atoms with Crippen molar-refractivity contribution in [2.75, 3.05) is 0 Å². The number of hydrogen-bond donors (Lipinski definition) is 0. The standard InChI is InChI=1S/C7H9F3NO6S2/c8-7(9,10)18(12,13)11-19(14,15)17-4-1-2-5-6(3-4)16-5/h4-6H,1-3H2/q-1. The summed E-state index contributed by atoms with van der Waals surface area (Å²) in [6.07, 6.45) is -0.0999. The second-order valence-corrected chi connectivity index (χ2v) is 7.22. The normalized spacial score (nSPS) is 31.8. The molecular formula is C7H9F3NO6S2-. The number of rotatable bonds is 4. The highest BCUT2D eigenvalue weighted by Crippen LogP contribution is 2.39. The summed E-state index contributed by atoms with van der Waals surface area (Å²) in [5, 5.41) is 0. The van der Waals surface area contributed by atoms with Crippen LogP contribution < -0.4 is 0 Å². The van der Waals surface area contributed by atoms with Gasteiger partial charge in [-0.25, -0.2) is 16.8 Å². The lowest BCUT2D eigenvalue weighted by molar-refractivity contribution is -0.0425. The van der Waals surface area contributed by atoms with Crippen LogP contribution in [0.3, 0.4) is 0 Å². The predicted molar refractivity (Wildman–Crippen MR) is 54.6 cm³/mol. The first-order valence-electron chi connectivity index (χ1n) is 5.14. The molecule has 112 valence electrons. The summed E-state index contributed by atoms with van der Waals surface area (Å²) in [4.78, 5) is 0. The molecule has 0 N–H and O–H groups in total. The summed E-state index contributed by atoms with van der Waals surface area (Å²) in [6.45, 7) is 0. The van der Waals surface area contributed by atoms with E-state index in [1.165, 1.54) is 0 Å². The lowest BCUT2D eigenvalue weighted by Crippen LogP contribution is -2.28. The Hall–Kier alpha value is -0.430. The Morgan fingerprint density at radius 3 is 2.26 bits per heavy atom. The third kappa shape index (κ3) is 3.56. The molecule has 2 rings (SSSR count). The van der Waals surface area contributed by atoms with Gasteiger partial charge in [-0.2, -0.15) is 13.2 Å². The minimum absolute atomic E-state index is 0.0402. The van der Waals surface area contributed by atoms with E-state index in [2.05, 4.69) is 4.18 Å². The molecule has 1 aliphatic carbocycles. The molecule has 3 atom stereocenters. The van der Waals surface area contributed by atoms with Crippen LogP contribution in [-0.4, -0.2) is 40.7 Å². The van der Waals surface area contributed by atoms with Gasteiger partial charge in [-0.05, 0) is 12.8 Å². The second kappa shape index (κ2) is 4.55. The van der Waals surface area contributed by atoms with E-state index in [-0.39, 0.29) is 25.0 Å². The van der Waals surface area contributed by atoms with E-state index in [0.29, 0.717) is 6.42 Å². The van der Waals surface area contributed by atoms with Gasteiger partial charge in [-0.3, -0.25) is 4.18 Å². The van der Waals surface area contributed by atoms with Crippen LogP contribution >= 0.6 is 0 Å². The third-order valence-electron chi connectivity index (χ3n) is 2.70. The molecule has 0 amide bonds. The van der Waals surface area contributed by atoms with Crippen LogP contribution in [0.1, 0.15) is 19.3 Å². The van der Waals surface area contributed by atoms with Crippen molar-refractivity contribution in [1.82, 2.24) is 0 Å². The fourth-order valence-corrected chi connectivity index (χ4v) is 3.77. The zero-order valence-corrected chi connectivity index (χ0v) is 10.8. The highest BCUT2D eigenvalue weighted by Gasteiger charge is 2.45. The van der Waals surface area contributed by atoms with Gasteiger partial charge in [0.25, 0.3) is 0 Å². The number of halogens is 3.